The Morgan fingerprint density at radius 3 is 2.71 bits per heavy atom. The number of hydrogen-bond acceptors (Lipinski definition) is 5. The van der Waals surface area contributed by atoms with E-state index in [2.05, 4.69) is 11.4 Å². The number of carbonyl (C=O) groups excluding carboxylic acids is 1. The number of rotatable bonds is 6. The van der Waals surface area contributed by atoms with Crippen LogP contribution in [0.15, 0.2) is 23.2 Å². The standard InChI is InChI=1S/C24H28ClN3O2S/c1-4-22(23(29)27-20-11-15(2)18(25)13-21(20)30-3)31-24-17(14-26)12-16-9-7-5-6-8-10-19(16)28-24/h11-13,22H,4-10H2,1-3H3,(H,27,29). The molecule has 1 heterocycles. The summed E-state index contributed by atoms with van der Waals surface area (Å²) < 4.78 is 5.37. The normalized spacial score (nSPS) is 14.5. The molecule has 1 aliphatic rings. The number of aryl methyl sites for hydroxylation is 3. The van der Waals surface area contributed by atoms with Gasteiger partial charge in [0, 0.05) is 16.8 Å². The third kappa shape index (κ3) is 5.72. The number of halogens is 1. The molecule has 0 spiro atoms. The van der Waals surface area contributed by atoms with Crippen molar-refractivity contribution in [2.45, 2.75) is 69.1 Å². The van der Waals surface area contributed by atoms with Gasteiger partial charge in [0.2, 0.25) is 5.91 Å². The van der Waals surface area contributed by atoms with Crippen molar-refractivity contribution in [3.8, 4) is 11.8 Å². The van der Waals surface area contributed by atoms with Gasteiger partial charge in [-0.25, -0.2) is 4.98 Å². The summed E-state index contributed by atoms with van der Waals surface area (Å²) in [5.41, 5.74) is 4.25. The predicted octanol–water partition coefficient (Wildman–Crippen LogP) is 6.09. The number of nitrogens with one attached hydrogen (secondary N) is 1. The molecule has 31 heavy (non-hydrogen) atoms. The van der Waals surface area contributed by atoms with E-state index >= 15 is 0 Å². The van der Waals surface area contributed by atoms with Gasteiger partial charge in [-0.05, 0) is 62.3 Å². The van der Waals surface area contributed by atoms with Gasteiger partial charge in [-0.1, -0.05) is 43.1 Å². The molecule has 1 unspecified atom stereocenters. The van der Waals surface area contributed by atoms with Crippen molar-refractivity contribution in [3.05, 3.63) is 45.6 Å². The molecule has 7 heteroatoms. The lowest BCUT2D eigenvalue weighted by atomic mass is 9.96. The molecule has 0 aliphatic heterocycles. The van der Waals surface area contributed by atoms with E-state index < -0.39 is 0 Å². The Labute approximate surface area is 193 Å². The third-order valence-electron chi connectivity index (χ3n) is 5.54. The zero-order valence-electron chi connectivity index (χ0n) is 18.3. The first-order chi connectivity index (χ1) is 15.0. The Kier molecular flexibility index (Phi) is 8.22. The van der Waals surface area contributed by atoms with Crippen LogP contribution in [-0.4, -0.2) is 23.3 Å². The maximum Gasteiger partial charge on any atom is 0.238 e. The molecule has 0 saturated carbocycles. The second-order valence-electron chi connectivity index (χ2n) is 7.78. The topological polar surface area (TPSA) is 75.0 Å². The van der Waals surface area contributed by atoms with Gasteiger partial charge < -0.3 is 10.1 Å². The maximum atomic E-state index is 13.1. The number of ether oxygens (including phenoxy) is 1. The quantitative estimate of drug-likeness (QED) is 0.531. The van der Waals surface area contributed by atoms with E-state index in [1.165, 1.54) is 30.2 Å². The summed E-state index contributed by atoms with van der Waals surface area (Å²) in [5, 5.41) is 13.5. The molecule has 1 aromatic heterocycles. The number of hydrogen-bond donors (Lipinski definition) is 1. The highest BCUT2D eigenvalue weighted by Gasteiger charge is 2.23. The lowest BCUT2D eigenvalue weighted by Crippen LogP contribution is -2.25. The monoisotopic (exact) mass is 457 g/mol. The maximum absolute atomic E-state index is 13.1. The SMILES string of the molecule is CCC(Sc1nc2c(cc1C#N)CCCCCC2)C(=O)Nc1cc(C)c(Cl)cc1OC. The highest BCUT2D eigenvalue weighted by Crippen LogP contribution is 2.34. The number of nitrogens with zero attached hydrogens (tertiary/aromatic N) is 2. The Morgan fingerprint density at radius 2 is 2.03 bits per heavy atom. The van der Waals surface area contributed by atoms with Gasteiger partial charge in [0.1, 0.15) is 16.8 Å². The zero-order chi connectivity index (χ0) is 22.4. The van der Waals surface area contributed by atoms with Crippen molar-refractivity contribution >= 4 is 35.0 Å². The first-order valence-corrected chi connectivity index (χ1v) is 12.0. The largest absolute Gasteiger partial charge is 0.495 e. The van der Waals surface area contributed by atoms with Crippen LogP contribution < -0.4 is 10.1 Å². The lowest BCUT2D eigenvalue weighted by molar-refractivity contribution is -0.115. The van der Waals surface area contributed by atoms with Crippen molar-refractivity contribution in [1.82, 2.24) is 4.98 Å². The Morgan fingerprint density at radius 1 is 1.29 bits per heavy atom. The first-order valence-electron chi connectivity index (χ1n) is 10.7. The van der Waals surface area contributed by atoms with Gasteiger partial charge in [-0.15, -0.1) is 0 Å². The fraction of sp³-hybridized carbons (Fsp3) is 0.458. The molecule has 3 rings (SSSR count). The van der Waals surface area contributed by atoms with Gasteiger partial charge in [0.15, 0.2) is 0 Å². The molecular formula is C24H28ClN3O2S. The number of thioether (sulfide) groups is 1. The molecule has 1 atom stereocenters. The molecular weight excluding hydrogens is 430 g/mol. The zero-order valence-corrected chi connectivity index (χ0v) is 19.8. The summed E-state index contributed by atoms with van der Waals surface area (Å²) in [6.45, 7) is 3.84. The van der Waals surface area contributed by atoms with Crippen LogP contribution in [0.3, 0.4) is 0 Å². The molecule has 1 N–H and O–H groups in total. The fourth-order valence-corrected chi connectivity index (χ4v) is 4.89. The van der Waals surface area contributed by atoms with Crippen LogP contribution in [0.25, 0.3) is 0 Å². The Balaban J connectivity index is 1.84. The van der Waals surface area contributed by atoms with Crippen LogP contribution in [0.5, 0.6) is 5.75 Å². The van der Waals surface area contributed by atoms with Gasteiger partial charge >= 0.3 is 0 Å². The first kappa shape index (κ1) is 23.4. The number of amides is 1. The van der Waals surface area contributed by atoms with E-state index in [4.69, 9.17) is 21.3 Å². The predicted molar refractivity (Wildman–Crippen MR) is 126 cm³/mol. The number of pyridine rings is 1. The van der Waals surface area contributed by atoms with Crippen LogP contribution in [0.4, 0.5) is 5.69 Å². The minimum absolute atomic E-state index is 0.148. The summed E-state index contributed by atoms with van der Waals surface area (Å²) in [7, 11) is 1.55. The van der Waals surface area contributed by atoms with Crippen LogP contribution in [0.2, 0.25) is 5.02 Å². The molecule has 5 nitrogen and oxygen atoms in total. The Bertz CT molecular complexity index is 1000. The second-order valence-corrected chi connectivity index (χ2v) is 9.38. The van der Waals surface area contributed by atoms with E-state index in [0.29, 0.717) is 33.5 Å². The molecule has 164 valence electrons. The molecule has 0 fully saturated rings. The second kappa shape index (κ2) is 10.9. The van der Waals surface area contributed by atoms with Crippen molar-refractivity contribution in [2.24, 2.45) is 0 Å². The smallest absolute Gasteiger partial charge is 0.238 e. The number of nitriles is 1. The van der Waals surface area contributed by atoms with Crippen LogP contribution >= 0.6 is 23.4 Å². The molecule has 1 aliphatic carbocycles. The number of benzene rings is 1. The summed E-state index contributed by atoms with van der Waals surface area (Å²) >= 11 is 7.54. The number of anilines is 1. The minimum Gasteiger partial charge on any atom is -0.495 e. The lowest BCUT2D eigenvalue weighted by Gasteiger charge is -2.19. The fourth-order valence-electron chi connectivity index (χ4n) is 3.74. The minimum atomic E-state index is -0.383. The third-order valence-corrected chi connectivity index (χ3v) is 7.32. The molecule has 2 aromatic rings. The molecule has 1 amide bonds. The van der Waals surface area contributed by atoms with Crippen LogP contribution in [-0.2, 0) is 17.6 Å². The molecule has 0 saturated heterocycles. The van der Waals surface area contributed by atoms with Gasteiger partial charge in [0.05, 0.1) is 23.6 Å². The number of carbonyl (C=O) groups is 1. The van der Waals surface area contributed by atoms with Crippen molar-refractivity contribution in [1.29, 1.82) is 5.26 Å². The number of fused-ring (bicyclic) bond motifs is 1. The van der Waals surface area contributed by atoms with E-state index in [-0.39, 0.29) is 11.2 Å². The van der Waals surface area contributed by atoms with Crippen LogP contribution in [0.1, 0.15) is 61.4 Å². The van der Waals surface area contributed by atoms with Crippen molar-refractivity contribution in [2.75, 3.05) is 12.4 Å². The van der Waals surface area contributed by atoms with Crippen LogP contribution in [0, 0.1) is 18.3 Å². The van der Waals surface area contributed by atoms with E-state index in [1.54, 1.807) is 19.2 Å². The van der Waals surface area contributed by atoms with E-state index in [0.717, 1.165) is 36.9 Å². The average molecular weight is 458 g/mol. The average Bonchev–Trinajstić information content (AvgIpc) is 2.74. The van der Waals surface area contributed by atoms with Gasteiger partial charge in [-0.3, -0.25) is 4.79 Å². The highest BCUT2D eigenvalue weighted by molar-refractivity contribution is 8.00. The molecule has 0 bridgehead atoms. The van der Waals surface area contributed by atoms with Crippen molar-refractivity contribution < 1.29 is 9.53 Å². The van der Waals surface area contributed by atoms with Crippen molar-refractivity contribution in [3.63, 3.8) is 0 Å². The van der Waals surface area contributed by atoms with Gasteiger partial charge in [-0.2, -0.15) is 5.26 Å². The van der Waals surface area contributed by atoms with E-state index in [1.807, 2.05) is 19.9 Å². The summed E-state index contributed by atoms with van der Waals surface area (Å²) in [6, 6.07) is 7.77. The van der Waals surface area contributed by atoms with E-state index in [9.17, 15) is 10.1 Å². The summed E-state index contributed by atoms with van der Waals surface area (Å²) in [4.78, 5) is 17.9. The number of methoxy groups -OCH3 is 1. The number of aromatic nitrogens is 1. The molecule has 1 aromatic carbocycles. The highest BCUT2D eigenvalue weighted by atomic mass is 35.5. The van der Waals surface area contributed by atoms with Gasteiger partial charge in [0.25, 0.3) is 0 Å². The molecule has 0 radical (unpaired) electrons. The summed E-state index contributed by atoms with van der Waals surface area (Å²) in [6.07, 6.45) is 7.19. The summed E-state index contributed by atoms with van der Waals surface area (Å²) in [5.74, 6) is 0.366. The Hall–Kier alpha value is -2.23.